The van der Waals surface area contributed by atoms with Gasteiger partial charge in [0.2, 0.25) is 0 Å². The number of aliphatic hydroxyl groups is 1. The molecule has 1 aromatic carbocycles. The number of ether oxygens (including phenoxy) is 1. The Kier molecular flexibility index (Phi) is 7.59. The monoisotopic (exact) mass is 299 g/mol. The topological polar surface area (TPSA) is 49.8 Å². The van der Waals surface area contributed by atoms with Crippen LogP contribution in [-0.4, -0.2) is 49.6 Å². The highest BCUT2D eigenvalue weighted by Gasteiger charge is 2.11. The third kappa shape index (κ3) is 5.49. The van der Waals surface area contributed by atoms with Crippen LogP contribution in [0.4, 0.5) is 0 Å². The Hall–Kier alpha value is -1.10. The second-order valence-corrected chi connectivity index (χ2v) is 5.20. The van der Waals surface area contributed by atoms with Crippen molar-refractivity contribution in [2.45, 2.75) is 19.3 Å². The van der Waals surface area contributed by atoms with E-state index in [1.165, 1.54) is 0 Å². The summed E-state index contributed by atoms with van der Waals surface area (Å²) in [6.07, 6.45) is 2.77. The molecule has 0 fully saturated rings. The molecule has 20 heavy (non-hydrogen) atoms. The van der Waals surface area contributed by atoms with Crippen LogP contribution < -0.4 is 4.74 Å². The third-order valence-electron chi connectivity index (χ3n) is 3.09. The van der Waals surface area contributed by atoms with Crippen molar-refractivity contribution >= 4 is 17.4 Å². The number of rotatable bonds is 9. The number of ketones is 1. The van der Waals surface area contributed by atoms with Crippen LogP contribution in [0.2, 0.25) is 5.02 Å². The van der Waals surface area contributed by atoms with E-state index in [1.807, 2.05) is 11.9 Å². The maximum atomic E-state index is 12.1. The molecule has 0 aromatic heterocycles. The van der Waals surface area contributed by atoms with Gasteiger partial charge in [-0.05, 0) is 51.1 Å². The van der Waals surface area contributed by atoms with E-state index in [9.17, 15) is 4.79 Å². The van der Waals surface area contributed by atoms with Crippen LogP contribution in [0.25, 0.3) is 0 Å². The third-order valence-corrected chi connectivity index (χ3v) is 3.38. The fraction of sp³-hybridized carbons (Fsp3) is 0.533. The lowest BCUT2D eigenvalue weighted by Gasteiger charge is -2.15. The highest BCUT2D eigenvalue weighted by molar-refractivity contribution is 6.32. The first kappa shape index (κ1) is 17.0. The molecule has 0 amide bonds. The van der Waals surface area contributed by atoms with E-state index < -0.39 is 0 Å². The van der Waals surface area contributed by atoms with Gasteiger partial charge in [0.25, 0.3) is 0 Å². The van der Waals surface area contributed by atoms with Gasteiger partial charge in [-0.2, -0.15) is 0 Å². The fourth-order valence-electron chi connectivity index (χ4n) is 1.93. The molecular weight excluding hydrogens is 278 g/mol. The summed E-state index contributed by atoms with van der Waals surface area (Å²) in [5.41, 5.74) is 0.595. The average molecular weight is 300 g/mol. The number of unbranched alkanes of at least 4 members (excludes halogenated alkanes) is 2. The van der Waals surface area contributed by atoms with Crippen molar-refractivity contribution in [3.63, 3.8) is 0 Å². The maximum absolute atomic E-state index is 12.1. The van der Waals surface area contributed by atoms with Crippen LogP contribution in [0, 0.1) is 0 Å². The minimum absolute atomic E-state index is 0.0409. The Bertz CT molecular complexity index is 437. The van der Waals surface area contributed by atoms with Gasteiger partial charge in [0, 0.05) is 12.2 Å². The van der Waals surface area contributed by atoms with Crippen LogP contribution in [-0.2, 0) is 0 Å². The Morgan fingerprint density at radius 1 is 1.35 bits per heavy atom. The van der Waals surface area contributed by atoms with Gasteiger partial charge in [0.05, 0.1) is 18.7 Å². The first-order valence-electron chi connectivity index (χ1n) is 6.74. The van der Waals surface area contributed by atoms with Gasteiger partial charge in [0.15, 0.2) is 5.78 Å². The molecule has 0 aliphatic heterocycles. The molecule has 0 aliphatic rings. The van der Waals surface area contributed by atoms with Crippen molar-refractivity contribution in [2.24, 2.45) is 0 Å². The summed E-state index contributed by atoms with van der Waals surface area (Å²) in [7, 11) is 3.46. The van der Waals surface area contributed by atoms with Gasteiger partial charge in [-0.1, -0.05) is 11.6 Å². The van der Waals surface area contributed by atoms with Crippen LogP contribution in [0.1, 0.15) is 29.6 Å². The molecule has 0 atom stereocenters. The highest BCUT2D eigenvalue weighted by Crippen LogP contribution is 2.25. The minimum Gasteiger partial charge on any atom is -0.495 e. The molecule has 4 nitrogen and oxygen atoms in total. The first-order chi connectivity index (χ1) is 9.58. The fourth-order valence-corrected chi connectivity index (χ4v) is 2.18. The molecule has 1 rings (SSSR count). The molecule has 0 bridgehead atoms. The molecule has 0 heterocycles. The molecule has 1 N–H and O–H groups in total. The van der Waals surface area contributed by atoms with Gasteiger partial charge in [-0.15, -0.1) is 0 Å². The van der Waals surface area contributed by atoms with Crippen molar-refractivity contribution in [1.82, 2.24) is 4.90 Å². The SMILES string of the molecule is COc1ccc(C(=O)CN(C)CCCCCO)cc1Cl. The number of Topliss-reactive ketones (excluding diaryl/α,β-unsaturated/α-hetero) is 1. The number of methoxy groups -OCH3 is 1. The van der Waals surface area contributed by atoms with E-state index in [4.69, 9.17) is 21.4 Å². The first-order valence-corrected chi connectivity index (χ1v) is 7.12. The number of carbonyl (C=O) groups is 1. The lowest BCUT2D eigenvalue weighted by Crippen LogP contribution is -2.27. The van der Waals surface area contributed by atoms with E-state index in [-0.39, 0.29) is 12.4 Å². The zero-order valence-corrected chi connectivity index (χ0v) is 12.8. The molecule has 0 spiro atoms. The number of aliphatic hydroxyl groups excluding tert-OH is 1. The second kappa shape index (κ2) is 8.95. The van der Waals surface area contributed by atoms with E-state index in [0.717, 1.165) is 25.8 Å². The molecule has 5 heteroatoms. The Labute approximate surface area is 125 Å². The van der Waals surface area contributed by atoms with E-state index >= 15 is 0 Å². The lowest BCUT2D eigenvalue weighted by atomic mass is 10.1. The van der Waals surface area contributed by atoms with Crippen molar-refractivity contribution < 1.29 is 14.6 Å². The Balaban J connectivity index is 2.47. The predicted octanol–water partition coefficient (Wildman–Crippen LogP) is 2.63. The molecule has 0 radical (unpaired) electrons. The van der Waals surface area contributed by atoms with Gasteiger partial charge < -0.3 is 9.84 Å². The minimum atomic E-state index is 0.0409. The van der Waals surface area contributed by atoms with Gasteiger partial charge >= 0.3 is 0 Å². The van der Waals surface area contributed by atoms with E-state index in [2.05, 4.69) is 0 Å². The van der Waals surface area contributed by atoms with Crippen molar-refractivity contribution in [3.8, 4) is 5.75 Å². The van der Waals surface area contributed by atoms with Gasteiger partial charge in [0.1, 0.15) is 5.75 Å². The highest BCUT2D eigenvalue weighted by atomic mass is 35.5. The van der Waals surface area contributed by atoms with Gasteiger partial charge in [-0.3, -0.25) is 9.69 Å². The summed E-state index contributed by atoms with van der Waals surface area (Å²) in [6, 6.07) is 5.08. The Morgan fingerprint density at radius 3 is 2.70 bits per heavy atom. The summed E-state index contributed by atoms with van der Waals surface area (Å²) >= 11 is 6.01. The zero-order valence-electron chi connectivity index (χ0n) is 12.1. The van der Waals surface area contributed by atoms with Crippen molar-refractivity contribution in [2.75, 3.05) is 33.9 Å². The van der Waals surface area contributed by atoms with E-state index in [0.29, 0.717) is 22.9 Å². The van der Waals surface area contributed by atoms with E-state index in [1.54, 1.807) is 25.3 Å². The van der Waals surface area contributed by atoms with Crippen molar-refractivity contribution in [1.29, 1.82) is 0 Å². The zero-order chi connectivity index (χ0) is 15.0. The number of likely N-dealkylation sites (N-methyl/N-ethyl adjacent to an activating group) is 1. The molecule has 0 saturated heterocycles. The number of halogens is 1. The van der Waals surface area contributed by atoms with Gasteiger partial charge in [-0.25, -0.2) is 0 Å². The van der Waals surface area contributed by atoms with Crippen LogP contribution in [0.3, 0.4) is 0 Å². The standard InChI is InChI=1S/C15H22ClNO3/c1-17(8-4-3-5-9-18)11-14(19)12-6-7-15(20-2)13(16)10-12/h6-7,10,18H,3-5,8-9,11H2,1-2H3. The van der Waals surface area contributed by atoms with Crippen LogP contribution >= 0.6 is 11.6 Å². The summed E-state index contributed by atoms with van der Waals surface area (Å²) in [6.45, 7) is 1.43. The summed E-state index contributed by atoms with van der Waals surface area (Å²) in [4.78, 5) is 14.1. The molecule has 112 valence electrons. The van der Waals surface area contributed by atoms with Crippen LogP contribution in [0.5, 0.6) is 5.75 Å². The number of hydrogen-bond donors (Lipinski definition) is 1. The summed E-state index contributed by atoms with van der Waals surface area (Å²) in [5, 5.41) is 9.15. The second-order valence-electron chi connectivity index (χ2n) is 4.79. The van der Waals surface area contributed by atoms with Crippen LogP contribution in [0.15, 0.2) is 18.2 Å². The largest absolute Gasteiger partial charge is 0.495 e. The number of hydrogen-bond acceptors (Lipinski definition) is 4. The summed E-state index contributed by atoms with van der Waals surface area (Å²) in [5.74, 6) is 0.611. The molecule has 0 saturated carbocycles. The number of benzene rings is 1. The molecule has 0 unspecified atom stereocenters. The predicted molar refractivity (Wildman–Crippen MR) is 80.8 cm³/mol. The summed E-state index contributed by atoms with van der Waals surface area (Å²) < 4.78 is 5.06. The molecule has 1 aromatic rings. The molecule has 0 aliphatic carbocycles. The number of nitrogens with zero attached hydrogens (tertiary/aromatic N) is 1. The number of carbonyl (C=O) groups excluding carboxylic acids is 1. The normalized spacial score (nSPS) is 10.8. The van der Waals surface area contributed by atoms with Crippen molar-refractivity contribution in [3.05, 3.63) is 28.8 Å². The molecular formula is C15H22ClNO3. The lowest BCUT2D eigenvalue weighted by molar-refractivity contribution is 0.0945. The Morgan fingerprint density at radius 2 is 2.10 bits per heavy atom. The smallest absolute Gasteiger partial charge is 0.176 e. The quantitative estimate of drug-likeness (QED) is 0.562. The average Bonchev–Trinajstić information content (AvgIpc) is 2.43. The maximum Gasteiger partial charge on any atom is 0.176 e.